The molecule has 54 valence electrons. The van der Waals surface area contributed by atoms with Crippen LogP contribution in [0, 0.1) is 12.3 Å². The summed E-state index contributed by atoms with van der Waals surface area (Å²) in [5.41, 5.74) is 1.94. The minimum atomic E-state index is -0.315. The number of thioether (sulfide) groups is 1. The van der Waals surface area contributed by atoms with E-state index in [0.717, 1.165) is 22.7 Å². The first-order valence-electron chi connectivity index (χ1n) is 3.17. The molecule has 0 aliphatic carbocycles. The van der Waals surface area contributed by atoms with Gasteiger partial charge in [0, 0.05) is 17.1 Å². The lowest BCUT2D eigenvalue weighted by Crippen LogP contribution is -2.18. The Kier molecular flexibility index (Phi) is 2.42. The average molecular weight is 154 g/mol. The van der Waals surface area contributed by atoms with E-state index in [1.807, 2.05) is 6.92 Å². The van der Waals surface area contributed by atoms with Gasteiger partial charge in [-0.3, -0.25) is 0 Å². The fourth-order valence-electron chi connectivity index (χ4n) is 0.868. The SMILES string of the molecule is C#CC1=C(C)[C@@H](O)CSC1. The molecule has 0 amide bonds. The van der Waals surface area contributed by atoms with Crippen LogP contribution in [0.25, 0.3) is 0 Å². The third-order valence-corrected chi connectivity index (χ3v) is 2.72. The summed E-state index contributed by atoms with van der Waals surface area (Å²) in [6.45, 7) is 1.90. The van der Waals surface area contributed by atoms with Gasteiger partial charge in [-0.15, -0.1) is 6.42 Å². The van der Waals surface area contributed by atoms with Crippen molar-refractivity contribution in [3.05, 3.63) is 11.1 Å². The second-order valence-corrected chi connectivity index (χ2v) is 3.37. The van der Waals surface area contributed by atoms with Crippen molar-refractivity contribution in [2.45, 2.75) is 13.0 Å². The number of terminal acetylenes is 1. The number of aliphatic hydroxyl groups is 1. The van der Waals surface area contributed by atoms with Gasteiger partial charge in [0.05, 0.1) is 6.10 Å². The van der Waals surface area contributed by atoms with E-state index in [9.17, 15) is 5.11 Å². The maximum Gasteiger partial charge on any atom is 0.0850 e. The summed E-state index contributed by atoms with van der Waals surface area (Å²) in [5, 5.41) is 9.30. The summed E-state index contributed by atoms with van der Waals surface area (Å²) in [7, 11) is 0. The van der Waals surface area contributed by atoms with Crippen LogP contribution in [0.5, 0.6) is 0 Å². The Bertz CT molecular complexity index is 200. The van der Waals surface area contributed by atoms with E-state index < -0.39 is 0 Å². The van der Waals surface area contributed by atoms with Crippen LogP contribution in [-0.4, -0.2) is 22.7 Å². The summed E-state index contributed by atoms with van der Waals surface area (Å²) in [6.07, 6.45) is 4.91. The highest BCUT2D eigenvalue weighted by Crippen LogP contribution is 2.22. The molecule has 0 saturated heterocycles. The average Bonchev–Trinajstić information content (AvgIpc) is 1.95. The zero-order chi connectivity index (χ0) is 7.56. The Labute approximate surface area is 65.5 Å². The largest absolute Gasteiger partial charge is 0.388 e. The molecule has 2 heteroatoms. The van der Waals surface area contributed by atoms with E-state index in [1.165, 1.54) is 0 Å². The van der Waals surface area contributed by atoms with Gasteiger partial charge in [0.1, 0.15) is 0 Å². The highest BCUT2D eigenvalue weighted by molar-refractivity contribution is 7.99. The van der Waals surface area contributed by atoms with Gasteiger partial charge in [-0.25, -0.2) is 0 Å². The zero-order valence-electron chi connectivity index (χ0n) is 5.92. The molecule has 1 rings (SSSR count). The molecule has 0 fully saturated rings. The Morgan fingerprint density at radius 2 is 2.50 bits per heavy atom. The maximum absolute atomic E-state index is 9.30. The van der Waals surface area contributed by atoms with Gasteiger partial charge in [-0.2, -0.15) is 11.8 Å². The van der Waals surface area contributed by atoms with Crippen LogP contribution in [-0.2, 0) is 0 Å². The molecule has 0 aromatic heterocycles. The monoisotopic (exact) mass is 154 g/mol. The van der Waals surface area contributed by atoms with Crippen LogP contribution in [0.15, 0.2) is 11.1 Å². The lowest BCUT2D eigenvalue weighted by molar-refractivity contribution is 0.234. The highest BCUT2D eigenvalue weighted by atomic mass is 32.2. The molecule has 1 nitrogen and oxygen atoms in total. The molecule has 0 saturated carbocycles. The zero-order valence-corrected chi connectivity index (χ0v) is 6.74. The summed E-state index contributed by atoms with van der Waals surface area (Å²) >= 11 is 1.69. The van der Waals surface area contributed by atoms with Crippen LogP contribution in [0.2, 0.25) is 0 Å². The number of hydrogen-bond acceptors (Lipinski definition) is 2. The molecule has 10 heavy (non-hydrogen) atoms. The molecule has 1 aliphatic rings. The quantitative estimate of drug-likeness (QED) is 0.526. The van der Waals surface area contributed by atoms with Crippen molar-refractivity contribution in [3.8, 4) is 12.3 Å². The van der Waals surface area contributed by atoms with Crippen molar-refractivity contribution in [1.29, 1.82) is 0 Å². The lowest BCUT2D eigenvalue weighted by atomic mass is 10.1. The Balaban J connectivity index is 2.85. The van der Waals surface area contributed by atoms with Gasteiger partial charge in [0.2, 0.25) is 0 Å². The van der Waals surface area contributed by atoms with Crippen LogP contribution < -0.4 is 0 Å². The first-order valence-corrected chi connectivity index (χ1v) is 4.33. The molecule has 1 atom stereocenters. The molecular formula is C8H10OS. The van der Waals surface area contributed by atoms with Crippen molar-refractivity contribution in [2.75, 3.05) is 11.5 Å². The van der Waals surface area contributed by atoms with Crippen LogP contribution in [0.4, 0.5) is 0 Å². The van der Waals surface area contributed by atoms with E-state index in [-0.39, 0.29) is 6.10 Å². The molecule has 0 spiro atoms. The Morgan fingerprint density at radius 1 is 1.80 bits per heavy atom. The van der Waals surface area contributed by atoms with Gasteiger partial charge in [-0.05, 0) is 12.5 Å². The highest BCUT2D eigenvalue weighted by Gasteiger charge is 2.15. The summed E-state index contributed by atoms with van der Waals surface area (Å²) in [5.74, 6) is 4.26. The number of hydrogen-bond donors (Lipinski definition) is 1. The number of rotatable bonds is 0. The molecule has 0 bridgehead atoms. The van der Waals surface area contributed by atoms with Gasteiger partial charge in [0.15, 0.2) is 0 Å². The first-order chi connectivity index (χ1) is 4.75. The number of aliphatic hydroxyl groups excluding tert-OH is 1. The van der Waals surface area contributed by atoms with Gasteiger partial charge >= 0.3 is 0 Å². The molecule has 1 heterocycles. The van der Waals surface area contributed by atoms with E-state index in [0.29, 0.717) is 0 Å². The summed E-state index contributed by atoms with van der Waals surface area (Å²) in [6, 6.07) is 0. The van der Waals surface area contributed by atoms with E-state index >= 15 is 0 Å². The van der Waals surface area contributed by atoms with Crippen molar-refractivity contribution in [2.24, 2.45) is 0 Å². The fourth-order valence-corrected chi connectivity index (χ4v) is 1.97. The predicted molar refractivity (Wildman–Crippen MR) is 44.9 cm³/mol. The van der Waals surface area contributed by atoms with E-state index in [4.69, 9.17) is 6.42 Å². The first kappa shape index (κ1) is 7.71. The molecule has 0 radical (unpaired) electrons. The molecule has 0 unspecified atom stereocenters. The molecule has 0 aromatic carbocycles. The van der Waals surface area contributed by atoms with Gasteiger partial charge in [0.25, 0.3) is 0 Å². The van der Waals surface area contributed by atoms with Crippen molar-refractivity contribution in [1.82, 2.24) is 0 Å². The molecule has 0 aromatic rings. The summed E-state index contributed by atoms with van der Waals surface area (Å²) in [4.78, 5) is 0. The van der Waals surface area contributed by atoms with Crippen LogP contribution in [0.1, 0.15) is 6.92 Å². The smallest absolute Gasteiger partial charge is 0.0850 e. The van der Waals surface area contributed by atoms with E-state index in [1.54, 1.807) is 11.8 Å². The third-order valence-electron chi connectivity index (χ3n) is 1.67. The topological polar surface area (TPSA) is 20.2 Å². The van der Waals surface area contributed by atoms with Crippen molar-refractivity contribution < 1.29 is 5.11 Å². The minimum absolute atomic E-state index is 0.315. The molecular weight excluding hydrogens is 144 g/mol. The van der Waals surface area contributed by atoms with E-state index in [2.05, 4.69) is 5.92 Å². The normalized spacial score (nSPS) is 26.3. The van der Waals surface area contributed by atoms with Gasteiger partial charge in [-0.1, -0.05) is 5.92 Å². The third kappa shape index (κ3) is 1.36. The Hall–Kier alpha value is -0.390. The second-order valence-electron chi connectivity index (χ2n) is 2.34. The molecule has 1 N–H and O–H groups in total. The predicted octanol–water partition coefficient (Wildman–Crippen LogP) is 1.04. The standard InChI is InChI=1S/C8H10OS/c1-3-7-4-10-5-8(9)6(7)2/h1,8-9H,4-5H2,2H3/t8-/m0/s1. The molecule has 1 aliphatic heterocycles. The summed E-state index contributed by atoms with van der Waals surface area (Å²) < 4.78 is 0. The minimum Gasteiger partial charge on any atom is -0.388 e. The van der Waals surface area contributed by atoms with Crippen molar-refractivity contribution >= 4 is 11.8 Å². The van der Waals surface area contributed by atoms with Gasteiger partial charge < -0.3 is 5.11 Å². The second kappa shape index (κ2) is 3.14. The fraction of sp³-hybridized carbons (Fsp3) is 0.500. The lowest BCUT2D eigenvalue weighted by Gasteiger charge is -2.18. The maximum atomic E-state index is 9.30. The van der Waals surface area contributed by atoms with Crippen LogP contribution in [0.3, 0.4) is 0 Å². The van der Waals surface area contributed by atoms with Crippen molar-refractivity contribution in [3.63, 3.8) is 0 Å². The van der Waals surface area contributed by atoms with Crippen LogP contribution >= 0.6 is 11.8 Å². The Morgan fingerprint density at radius 3 is 3.00 bits per heavy atom.